The van der Waals surface area contributed by atoms with E-state index in [2.05, 4.69) is 15.2 Å². The molecule has 0 aliphatic rings. The molecule has 0 spiro atoms. The summed E-state index contributed by atoms with van der Waals surface area (Å²) in [6.45, 7) is 4.08. The highest BCUT2D eigenvalue weighted by molar-refractivity contribution is 5.81. The molecule has 0 saturated carbocycles. The quantitative estimate of drug-likeness (QED) is 0.311. The van der Waals surface area contributed by atoms with Crippen molar-refractivity contribution in [3.8, 4) is 0 Å². The van der Waals surface area contributed by atoms with E-state index in [9.17, 15) is 0 Å². The van der Waals surface area contributed by atoms with E-state index < -0.39 is 0 Å². The Labute approximate surface area is 89.0 Å². The molecule has 0 radical (unpaired) electrons. The fourth-order valence-corrected chi connectivity index (χ4v) is 1.35. The van der Waals surface area contributed by atoms with Gasteiger partial charge in [-0.05, 0) is 6.54 Å². The zero-order chi connectivity index (χ0) is 11.3. The highest BCUT2D eigenvalue weighted by atomic mass is 16.4. The zero-order valence-electron chi connectivity index (χ0n) is 9.09. The number of aromatic nitrogens is 2. The number of nitrogens with two attached hydrogens (primary N) is 1. The molecule has 0 aromatic carbocycles. The van der Waals surface area contributed by atoms with Crippen molar-refractivity contribution < 1.29 is 5.21 Å². The number of amidine groups is 1. The molecule has 0 unspecified atom stereocenters. The van der Waals surface area contributed by atoms with E-state index >= 15 is 0 Å². The summed E-state index contributed by atoms with van der Waals surface area (Å²) >= 11 is 0. The maximum atomic E-state index is 8.47. The average Bonchev–Trinajstić information content (AvgIpc) is 2.62. The lowest BCUT2D eigenvalue weighted by molar-refractivity contribution is 0.294. The first kappa shape index (κ1) is 11.5. The molecule has 3 N–H and O–H groups in total. The molecule has 0 amide bonds. The van der Waals surface area contributed by atoms with Crippen LogP contribution < -0.4 is 5.73 Å². The number of hydrogen-bond acceptors (Lipinski definition) is 4. The van der Waals surface area contributed by atoms with Crippen LogP contribution in [-0.2, 0) is 13.6 Å². The molecule has 1 aromatic heterocycles. The van der Waals surface area contributed by atoms with Crippen LogP contribution in [0.15, 0.2) is 17.5 Å². The van der Waals surface area contributed by atoms with Crippen molar-refractivity contribution in [1.82, 2.24) is 14.7 Å². The molecule has 0 aliphatic carbocycles. The van der Waals surface area contributed by atoms with Gasteiger partial charge in [0.15, 0.2) is 5.84 Å². The Balaban J connectivity index is 2.54. The summed E-state index contributed by atoms with van der Waals surface area (Å²) in [6, 6.07) is 0. The van der Waals surface area contributed by atoms with Crippen molar-refractivity contribution in [2.45, 2.75) is 13.5 Å². The number of aryl methyl sites for hydroxylation is 1. The Morgan fingerprint density at radius 1 is 1.73 bits per heavy atom. The Morgan fingerprint density at radius 2 is 2.47 bits per heavy atom. The lowest BCUT2D eigenvalue weighted by Crippen LogP contribution is -2.33. The van der Waals surface area contributed by atoms with Crippen molar-refractivity contribution in [2.75, 3.05) is 13.1 Å². The topological polar surface area (TPSA) is 79.7 Å². The Hall–Kier alpha value is -1.56. The number of oxime groups is 1. The van der Waals surface area contributed by atoms with Crippen LogP contribution in [0.2, 0.25) is 0 Å². The summed E-state index contributed by atoms with van der Waals surface area (Å²) in [6.07, 6.45) is 3.77. The van der Waals surface area contributed by atoms with Crippen LogP contribution in [0.25, 0.3) is 0 Å². The van der Waals surface area contributed by atoms with Crippen LogP contribution >= 0.6 is 0 Å². The minimum Gasteiger partial charge on any atom is -0.409 e. The van der Waals surface area contributed by atoms with Gasteiger partial charge >= 0.3 is 0 Å². The molecule has 0 aliphatic heterocycles. The zero-order valence-corrected chi connectivity index (χ0v) is 9.09. The maximum Gasteiger partial charge on any atom is 0.153 e. The highest BCUT2D eigenvalue weighted by Crippen LogP contribution is 2.02. The summed E-state index contributed by atoms with van der Waals surface area (Å²) in [5.41, 5.74) is 6.56. The lowest BCUT2D eigenvalue weighted by Gasteiger charge is -2.18. The van der Waals surface area contributed by atoms with Crippen LogP contribution in [0.1, 0.15) is 12.5 Å². The minimum atomic E-state index is 0.223. The van der Waals surface area contributed by atoms with Crippen molar-refractivity contribution in [1.29, 1.82) is 0 Å². The smallest absolute Gasteiger partial charge is 0.153 e. The maximum absolute atomic E-state index is 8.47. The van der Waals surface area contributed by atoms with Crippen LogP contribution in [0.4, 0.5) is 0 Å². The average molecular weight is 211 g/mol. The van der Waals surface area contributed by atoms with E-state index in [-0.39, 0.29) is 5.84 Å². The second kappa shape index (κ2) is 5.35. The summed E-state index contributed by atoms with van der Waals surface area (Å²) < 4.78 is 1.76. The first-order valence-corrected chi connectivity index (χ1v) is 4.82. The van der Waals surface area contributed by atoms with Gasteiger partial charge in [-0.25, -0.2) is 0 Å². The molecule has 0 atom stereocenters. The highest BCUT2D eigenvalue weighted by Gasteiger charge is 2.07. The second-order valence-electron chi connectivity index (χ2n) is 3.42. The molecular formula is C9H17N5O. The number of rotatable bonds is 5. The van der Waals surface area contributed by atoms with Gasteiger partial charge in [0.2, 0.25) is 0 Å². The van der Waals surface area contributed by atoms with E-state index in [0.29, 0.717) is 6.54 Å². The van der Waals surface area contributed by atoms with Gasteiger partial charge in [-0.1, -0.05) is 12.1 Å². The predicted octanol–water partition coefficient (Wildman–Crippen LogP) is -0.0116. The van der Waals surface area contributed by atoms with Gasteiger partial charge < -0.3 is 10.9 Å². The molecule has 1 rings (SSSR count). The molecule has 0 fully saturated rings. The molecule has 15 heavy (non-hydrogen) atoms. The first-order chi connectivity index (χ1) is 7.15. The van der Waals surface area contributed by atoms with Crippen molar-refractivity contribution >= 4 is 5.84 Å². The second-order valence-corrected chi connectivity index (χ2v) is 3.42. The van der Waals surface area contributed by atoms with Gasteiger partial charge in [-0.15, -0.1) is 0 Å². The van der Waals surface area contributed by atoms with Crippen LogP contribution in [0.3, 0.4) is 0 Å². The summed E-state index contributed by atoms with van der Waals surface area (Å²) in [7, 11) is 1.88. The normalized spacial score (nSPS) is 12.3. The van der Waals surface area contributed by atoms with Gasteiger partial charge in [0.25, 0.3) is 0 Å². The Morgan fingerprint density at radius 3 is 2.93 bits per heavy atom. The number of nitrogens with zero attached hydrogens (tertiary/aromatic N) is 4. The fourth-order valence-electron chi connectivity index (χ4n) is 1.35. The lowest BCUT2D eigenvalue weighted by atomic mass is 10.3. The SMILES string of the molecule is CCN(CC(N)=NO)Cc1cnn(C)c1. The first-order valence-electron chi connectivity index (χ1n) is 4.82. The molecule has 1 heterocycles. The summed E-state index contributed by atoms with van der Waals surface area (Å²) in [5, 5.41) is 15.5. The molecule has 1 aromatic rings. The molecule has 84 valence electrons. The molecule has 6 nitrogen and oxygen atoms in total. The molecule has 6 heteroatoms. The number of hydrogen-bond donors (Lipinski definition) is 2. The van der Waals surface area contributed by atoms with E-state index in [1.54, 1.807) is 4.68 Å². The van der Waals surface area contributed by atoms with Crippen LogP contribution in [-0.4, -0.2) is 38.8 Å². The Kier molecular flexibility index (Phi) is 4.11. The van der Waals surface area contributed by atoms with E-state index in [1.807, 2.05) is 26.4 Å². The third-order valence-electron chi connectivity index (χ3n) is 2.13. The molecule has 0 saturated heterocycles. The fraction of sp³-hybridized carbons (Fsp3) is 0.556. The third kappa shape index (κ3) is 3.59. The van der Waals surface area contributed by atoms with Gasteiger partial charge in [0.1, 0.15) is 0 Å². The molecular weight excluding hydrogens is 194 g/mol. The van der Waals surface area contributed by atoms with Crippen molar-refractivity contribution in [3.63, 3.8) is 0 Å². The predicted molar refractivity (Wildman–Crippen MR) is 57.6 cm³/mol. The van der Waals surface area contributed by atoms with E-state index in [0.717, 1.165) is 18.7 Å². The standard InChI is InChI=1S/C9H17N5O/c1-3-14(7-9(10)12-15)6-8-4-11-13(2)5-8/h4-5,15H,3,6-7H2,1-2H3,(H2,10,12). The Bertz CT molecular complexity index is 333. The van der Waals surface area contributed by atoms with Crippen molar-refractivity contribution in [3.05, 3.63) is 18.0 Å². The largest absolute Gasteiger partial charge is 0.409 e. The molecule has 0 bridgehead atoms. The van der Waals surface area contributed by atoms with Crippen LogP contribution in [0.5, 0.6) is 0 Å². The van der Waals surface area contributed by atoms with E-state index in [1.165, 1.54) is 0 Å². The summed E-state index contributed by atoms with van der Waals surface area (Å²) in [4.78, 5) is 2.06. The third-order valence-corrected chi connectivity index (χ3v) is 2.13. The van der Waals surface area contributed by atoms with Gasteiger partial charge in [0.05, 0.1) is 12.7 Å². The van der Waals surface area contributed by atoms with Gasteiger partial charge in [-0.2, -0.15) is 5.10 Å². The monoisotopic (exact) mass is 211 g/mol. The van der Waals surface area contributed by atoms with Crippen molar-refractivity contribution in [2.24, 2.45) is 17.9 Å². The summed E-state index contributed by atoms with van der Waals surface area (Å²) in [5.74, 6) is 0.223. The van der Waals surface area contributed by atoms with E-state index in [4.69, 9.17) is 10.9 Å². The number of likely N-dealkylation sites (N-methyl/N-ethyl adjacent to an activating group) is 1. The van der Waals surface area contributed by atoms with Crippen LogP contribution in [0, 0.1) is 0 Å². The van der Waals surface area contributed by atoms with Gasteiger partial charge in [-0.3, -0.25) is 9.58 Å². The van der Waals surface area contributed by atoms with Gasteiger partial charge in [0, 0.05) is 25.4 Å². The minimum absolute atomic E-state index is 0.223.